The summed E-state index contributed by atoms with van der Waals surface area (Å²) in [5.41, 5.74) is 25.0. The quantitative estimate of drug-likeness (QED) is 0.0386. The second-order valence-corrected chi connectivity index (χ2v) is 11.4. The van der Waals surface area contributed by atoms with Crippen LogP contribution in [-0.2, 0) is 36.8 Å². The second kappa shape index (κ2) is 16.1. The second-order valence-electron chi connectivity index (χ2n) is 11.4. The maximum Gasteiger partial charge on any atom is 0.326 e. The maximum absolute atomic E-state index is 14.0. The standard InChI is InChI=1S/C32H40N10O6/c33-21(8-5-11-37-32(35)36)28(44)40-24(12-17-15-38-22-9-3-1-6-19(17)22)29(45)41-25(30(46)42-26(31(47)48)14-27(34)43)13-18-16-39-23-10-4-2-7-20(18)23/h1-4,6-7,9-10,15-16,21,24-26,38-39H,5,8,11-14,33H2,(H2,34,43)(H,40,44)(H,41,45)(H,42,46)(H,47,48)(H4,35,36,37). The lowest BCUT2D eigenvalue weighted by atomic mass is 10.0. The van der Waals surface area contributed by atoms with Crippen LogP contribution in [-0.4, -0.2) is 81.3 Å². The molecule has 4 atom stereocenters. The first-order valence-electron chi connectivity index (χ1n) is 15.3. The van der Waals surface area contributed by atoms with Gasteiger partial charge in [0.25, 0.3) is 0 Å². The van der Waals surface area contributed by atoms with Crippen LogP contribution >= 0.6 is 0 Å². The molecule has 0 saturated carbocycles. The molecule has 0 aliphatic heterocycles. The summed E-state index contributed by atoms with van der Waals surface area (Å²) in [5.74, 6) is -4.68. The number of nitrogens with zero attached hydrogens (tertiary/aromatic N) is 1. The number of amides is 4. The SMILES string of the molecule is NC(=O)CC(NC(=O)C(Cc1c[nH]c2ccccc12)NC(=O)C(Cc1c[nH]c2ccccc12)NC(=O)C(N)CCCN=C(N)N)C(=O)O. The number of aliphatic imine (C=N–C) groups is 1. The number of aliphatic carboxylic acids is 1. The van der Waals surface area contributed by atoms with E-state index in [1.807, 2.05) is 48.5 Å². The molecule has 48 heavy (non-hydrogen) atoms. The fourth-order valence-corrected chi connectivity index (χ4v) is 5.33. The number of aromatic nitrogens is 2. The lowest BCUT2D eigenvalue weighted by Crippen LogP contribution is -2.58. The number of guanidine groups is 1. The van der Waals surface area contributed by atoms with Gasteiger partial charge in [0.05, 0.1) is 12.5 Å². The topological polar surface area (TPSA) is 290 Å². The maximum atomic E-state index is 14.0. The van der Waals surface area contributed by atoms with Gasteiger partial charge in [-0.2, -0.15) is 0 Å². The highest BCUT2D eigenvalue weighted by Crippen LogP contribution is 2.21. The number of H-pyrrole nitrogens is 2. The van der Waals surface area contributed by atoms with E-state index in [0.717, 1.165) is 27.4 Å². The molecule has 0 fully saturated rings. The Hall–Kier alpha value is -5.90. The zero-order valence-corrected chi connectivity index (χ0v) is 26.1. The van der Waals surface area contributed by atoms with E-state index in [1.54, 1.807) is 12.4 Å². The fourth-order valence-electron chi connectivity index (χ4n) is 5.33. The number of nitrogens with one attached hydrogen (secondary N) is 5. The summed E-state index contributed by atoms with van der Waals surface area (Å²) >= 11 is 0. The highest BCUT2D eigenvalue weighted by molar-refractivity contribution is 5.96. The van der Waals surface area contributed by atoms with E-state index in [1.165, 1.54) is 0 Å². The number of carboxylic acids is 1. The normalized spacial score (nSPS) is 13.6. The van der Waals surface area contributed by atoms with E-state index in [4.69, 9.17) is 22.9 Å². The van der Waals surface area contributed by atoms with Crippen LogP contribution in [0.15, 0.2) is 65.9 Å². The van der Waals surface area contributed by atoms with Crippen molar-refractivity contribution in [3.05, 3.63) is 72.1 Å². The first kappa shape index (κ1) is 35.0. The molecule has 16 nitrogen and oxygen atoms in total. The number of fused-ring (bicyclic) bond motifs is 2. The Balaban J connectivity index is 1.61. The van der Waals surface area contributed by atoms with Crippen molar-refractivity contribution < 1.29 is 29.1 Å². The summed E-state index contributed by atoms with van der Waals surface area (Å²) in [6.45, 7) is 0.264. The average molecular weight is 661 g/mol. The predicted molar refractivity (Wildman–Crippen MR) is 179 cm³/mol. The van der Waals surface area contributed by atoms with Crippen LogP contribution < -0.4 is 38.9 Å². The summed E-state index contributed by atoms with van der Waals surface area (Å²) in [4.78, 5) is 74.3. The molecule has 16 heteroatoms. The smallest absolute Gasteiger partial charge is 0.326 e. The molecule has 0 saturated heterocycles. The summed E-state index contributed by atoms with van der Waals surface area (Å²) < 4.78 is 0. The number of carbonyl (C=O) groups excluding carboxylic acids is 4. The van der Waals surface area contributed by atoms with Gasteiger partial charge in [0, 0.05) is 53.6 Å². The summed E-state index contributed by atoms with van der Waals surface area (Å²) in [5, 5.41) is 19.0. The Labute approximate surface area is 275 Å². The number of hydrogen-bond acceptors (Lipinski definition) is 7. The Morgan fingerprint density at radius 3 is 1.69 bits per heavy atom. The molecule has 2 aromatic heterocycles. The minimum Gasteiger partial charge on any atom is -0.480 e. The molecule has 254 valence electrons. The Bertz CT molecular complexity index is 1810. The molecule has 0 bridgehead atoms. The van der Waals surface area contributed by atoms with Crippen molar-refractivity contribution in [2.45, 2.75) is 56.3 Å². The van der Waals surface area contributed by atoms with Gasteiger partial charge >= 0.3 is 5.97 Å². The zero-order valence-electron chi connectivity index (χ0n) is 26.1. The molecule has 4 amide bonds. The highest BCUT2D eigenvalue weighted by Gasteiger charge is 2.32. The van der Waals surface area contributed by atoms with Crippen LogP contribution in [0, 0.1) is 0 Å². The molecule has 0 aliphatic rings. The third-order valence-electron chi connectivity index (χ3n) is 7.79. The van der Waals surface area contributed by atoms with Gasteiger partial charge in [-0.1, -0.05) is 36.4 Å². The molecule has 0 spiro atoms. The molecule has 2 heterocycles. The number of hydrogen-bond donors (Lipinski definition) is 10. The summed E-state index contributed by atoms with van der Waals surface area (Å²) in [6.07, 6.45) is 3.37. The zero-order chi connectivity index (χ0) is 34.8. The molecule has 14 N–H and O–H groups in total. The Morgan fingerprint density at radius 2 is 1.21 bits per heavy atom. The number of carbonyl (C=O) groups is 5. The van der Waals surface area contributed by atoms with Gasteiger partial charge in [-0.05, 0) is 36.1 Å². The van der Waals surface area contributed by atoms with Crippen LogP contribution in [0.3, 0.4) is 0 Å². The largest absolute Gasteiger partial charge is 0.480 e. The highest BCUT2D eigenvalue weighted by atomic mass is 16.4. The molecule has 0 radical (unpaired) electrons. The first-order chi connectivity index (χ1) is 22.9. The van der Waals surface area contributed by atoms with E-state index < -0.39 is 60.2 Å². The van der Waals surface area contributed by atoms with Crippen molar-refractivity contribution >= 4 is 57.4 Å². The van der Waals surface area contributed by atoms with Gasteiger partial charge in [-0.15, -0.1) is 0 Å². The number of rotatable bonds is 17. The number of aromatic amines is 2. The van der Waals surface area contributed by atoms with Gasteiger partial charge in [-0.25, -0.2) is 4.79 Å². The molecule has 0 aliphatic carbocycles. The van der Waals surface area contributed by atoms with Crippen LogP contribution in [0.5, 0.6) is 0 Å². The van der Waals surface area contributed by atoms with E-state index in [9.17, 15) is 29.1 Å². The predicted octanol–water partition coefficient (Wildman–Crippen LogP) is -0.770. The van der Waals surface area contributed by atoms with E-state index in [2.05, 4.69) is 30.9 Å². The minimum absolute atomic E-state index is 0.0309. The Kier molecular flexibility index (Phi) is 11.7. The molecular weight excluding hydrogens is 620 g/mol. The van der Waals surface area contributed by atoms with Crippen molar-refractivity contribution in [2.75, 3.05) is 6.54 Å². The molecule has 2 aromatic carbocycles. The monoisotopic (exact) mass is 660 g/mol. The van der Waals surface area contributed by atoms with E-state index in [-0.39, 0.29) is 31.8 Å². The fraction of sp³-hybridized carbons (Fsp3) is 0.312. The number of para-hydroxylation sites is 2. The minimum atomic E-state index is -1.63. The van der Waals surface area contributed by atoms with Gasteiger partial charge in [0.1, 0.15) is 18.1 Å². The van der Waals surface area contributed by atoms with E-state index >= 15 is 0 Å². The number of carboxylic acid groups (broad SMARTS) is 1. The molecule has 4 unspecified atom stereocenters. The summed E-state index contributed by atoms with van der Waals surface area (Å²) in [6, 6.07) is 9.61. The lowest BCUT2D eigenvalue weighted by molar-refractivity contribution is -0.143. The van der Waals surface area contributed by atoms with Gasteiger partial charge < -0.3 is 54.0 Å². The van der Waals surface area contributed by atoms with Gasteiger partial charge in [0.2, 0.25) is 23.6 Å². The van der Waals surface area contributed by atoms with Crippen LogP contribution in [0.4, 0.5) is 0 Å². The van der Waals surface area contributed by atoms with E-state index in [0.29, 0.717) is 12.0 Å². The van der Waals surface area contributed by atoms with Crippen molar-refractivity contribution in [3.63, 3.8) is 0 Å². The first-order valence-corrected chi connectivity index (χ1v) is 15.3. The number of nitrogens with two attached hydrogens (primary N) is 4. The van der Waals surface area contributed by atoms with Crippen molar-refractivity contribution in [1.29, 1.82) is 0 Å². The van der Waals surface area contributed by atoms with Crippen molar-refractivity contribution in [1.82, 2.24) is 25.9 Å². The average Bonchev–Trinajstić information content (AvgIpc) is 3.65. The number of benzene rings is 2. The van der Waals surface area contributed by atoms with Gasteiger partial charge in [-0.3, -0.25) is 24.2 Å². The van der Waals surface area contributed by atoms with Crippen LogP contribution in [0.1, 0.15) is 30.4 Å². The summed E-state index contributed by atoms with van der Waals surface area (Å²) in [7, 11) is 0. The van der Waals surface area contributed by atoms with Gasteiger partial charge in [0.15, 0.2) is 5.96 Å². The third-order valence-corrected chi connectivity index (χ3v) is 7.79. The third kappa shape index (κ3) is 9.32. The molecule has 4 aromatic rings. The molecular formula is C32H40N10O6. The molecule has 4 rings (SSSR count). The van der Waals surface area contributed by atoms with Crippen LogP contribution in [0.25, 0.3) is 21.8 Å². The lowest BCUT2D eigenvalue weighted by Gasteiger charge is -2.25. The van der Waals surface area contributed by atoms with Crippen molar-refractivity contribution in [2.24, 2.45) is 27.9 Å². The Morgan fingerprint density at radius 1 is 0.729 bits per heavy atom. The number of primary amides is 1. The van der Waals surface area contributed by atoms with Crippen LogP contribution in [0.2, 0.25) is 0 Å². The van der Waals surface area contributed by atoms with Crippen molar-refractivity contribution in [3.8, 4) is 0 Å².